The van der Waals surface area contributed by atoms with Gasteiger partial charge in [-0.05, 0) is 31.4 Å². The van der Waals surface area contributed by atoms with Crippen LogP contribution in [0.25, 0.3) is 0 Å². The second kappa shape index (κ2) is 7.81. The van der Waals surface area contributed by atoms with Crippen molar-refractivity contribution in [2.75, 3.05) is 32.7 Å². The predicted octanol–water partition coefficient (Wildman–Crippen LogP) is 1.20. The molecule has 7 heteroatoms. The highest BCUT2D eigenvalue weighted by molar-refractivity contribution is 5.97. The molecule has 7 nitrogen and oxygen atoms in total. The number of likely N-dealkylation sites (tertiary alicyclic amines) is 1. The Morgan fingerprint density at radius 2 is 1.86 bits per heavy atom. The van der Waals surface area contributed by atoms with Crippen LogP contribution in [0.3, 0.4) is 0 Å². The van der Waals surface area contributed by atoms with E-state index in [0.717, 1.165) is 30.6 Å². The fourth-order valence-corrected chi connectivity index (χ4v) is 4.35. The van der Waals surface area contributed by atoms with Gasteiger partial charge in [0.05, 0.1) is 0 Å². The number of hydrogen-bond donors (Lipinski definition) is 0. The second-order valence-corrected chi connectivity index (χ2v) is 7.90. The number of nitrogens with zero attached hydrogens (tertiary/aromatic N) is 3. The molecule has 150 valence electrons. The lowest BCUT2D eigenvalue weighted by atomic mass is 10.1. The van der Waals surface area contributed by atoms with E-state index in [4.69, 9.17) is 4.74 Å². The molecular formula is C21H27N3O4. The third-order valence-electron chi connectivity index (χ3n) is 6.00. The van der Waals surface area contributed by atoms with E-state index in [1.54, 1.807) is 9.80 Å². The first kappa shape index (κ1) is 18.8. The van der Waals surface area contributed by atoms with Crippen molar-refractivity contribution in [1.29, 1.82) is 0 Å². The number of para-hydroxylation sites is 1. The molecule has 0 radical (unpaired) electrons. The van der Waals surface area contributed by atoms with Crippen molar-refractivity contribution in [3.8, 4) is 5.75 Å². The summed E-state index contributed by atoms with van der Waals surface area (Å²) in [7, 11) is 0. The molecule has 3 saturated heterocycles. The first-order chi connectivity index (χ1) is 13.5. The van der Waals surface area contributed by atoms with Crippen LogP contribution >= 0.6 is 0 Å². The van der Waals surface area contributed by atoms with E-state index < -0.39 is 0 Å². The van der Waals surface area contributed by atoms with Gasteiger partial charge in [0.1, 0.15) is 31.0 Å². The highest BCUT2D eigenvalue weighted by Gasteiger charge is 2.42. The summed E-state index contributed by atoms with van der Waals surface area (Å²) < 4.78 is 6.09. The van der Waals surface area contributed by atoms with E-state index in [-0.39, 0.29) is 43.0 Å². The highest BCUT2D eigenvalue weighted by Crippen LogP contribution is 2.25. The van der Waals surface area contributed by atoms with Crippen LogP contribution in [0.4, 0.5) is 0 Å². The van der Waals surface area contributed by atoms with Gasteiger partial charge in [-0.3, -0.25) is 14.4 Å². The third kappa shape index (κ3) is 3.70. The molecule has 3 amide bonds. The zero-order valence-corrected chi connectivity index (χ0v) is 16.3. The summed E-state index contributed by atoms with van der Waals surface area (Å²) in [6.07, 6.45) is 3.19. The van der Waals surface area contributed by atoms with Crippen molar-refractivity contribution in [3.05, 3.63) is 29.8 Å². The lowest BCUT2D eigenvalue weighted by Gasteiger charge is -2.38. The van der Waals surface area contributed by atoms with Crippen LogP contribution in [0.1, 0.15) is 31.2 Å². The lowest BCUT2D eigenvalue weighted by Crippen LogP contribution is -2.59. The van der Waals surface area contributed by atoms with Crippen molar-refractivity contribution in [2.24, 2.45) is 0 Å². The fraction of sp³-hybridized carbons (Fsp3) is 0.571. The van der Waals surface area contributed by atoms with Gasteiger partial charge >= 0.3 is 0 Å². The molecule has 3 aliphatic heterocycles. The molecule has 0 spiro atoms. The summed E-state index contributed by atoms with van der Waals surface area (Å²) in [5.41, 5.74) is 1.11. The van der Waals surface area contributed by atoms with Crippen LogP contribution < -0.4 is 4.74 Å². The van der Waals surface area contributed by atoms with Crippen molar-refractivity contribution in [3.63, 3.8) is 0 Å². The van der Waals surface area contributed by atoms with Crippen LogP contribution in [0, 0.1) is 6.92 Å². The topological polar surface area (TPSA) is 70.2 Å². The maximum absolute atomic E-state index is 12.7. The Labute approximate surface area is 165 Å². The molecule has 0 unspecified atom stereocenters. The molecule has 0 saturated carbocycles. The van der Waals surface area contributed by atoms with Crippen molar-refractivity contribution in [1.82, 2.24) is 14.7 Å². The Morgan fingerprint density at radius 1 is 1.11 bits per heavy atom. The Morgan fingerprint density at radius 3 is 2.61 bits per heavy atom. The zero-order valence-electron chi connectivity index (χ0n) is 16.3. The van der Waals surface area contributed by atoms with Gasteiger partial charge in [-0.2, -0.15) is 0 Å². The Bertz CT molecular complexity index is 773. The van der Waals surface area contributed by atoms with E-state index in [2.05, 4.69) is 0 Å². The van der Waals surface area contributed by atoms with Gasteiger partial charge in [-0.25, -0.2) is 0 Å². The molecular weight excluding hydrogens is 358 g/mol. The van der Waals surface area contributed by atoms with Gasteiger partial charge < -0.3 is 19.4 Å². The minimum Gasteiger partial charge on any atom is -0.490 e. The Kier molecular flexibility index (Phi) is 5.24. The molecule has 3 heterocycles. The summed E-state index contributed by atoms with van der Waals surface area (Å²) in [6, 6.07) is 7.58. The molecule has 1 aromatic carbocycles. The average molecular weight is 385 g/mol. The molecule has 3 fully saturated rings. The first-order valence-electron chi connectivity index (χ1n) is 10.1. The minimum absolute atomic E-state index is 0.00176. The van der Waals surface area contributed by atoms with Gasteiger partial charge in [-0.15, -0.1) is 0 Å². The van der Waals surface area contributed by atoms with Gasteiger partial charge in [0.15, 0.2) is 0 Å². The SMILES string of the molecule is Cc1ccccc1OC1CCN(C(=O)CN2CC(=O)N3CCC[C@H]3C2=O)CC1. The van der Waals surface area contributed by atoms with Crippen LogP contribution in [0.5, 0.6) is 5.75 Å². The van der Waals surface area contributed by atoms with Gasteiger partial charge in [0, 0.05) is 32.5 Å². The number of fused-ring (bicyclic) bond motifs is 1. The van der Waals surface area contributed by atoms with Gasteiger partial charge in [-0.1, -0.05) is 18.2 Å². The Balaban J connectivity index is 1.29. The largest absolute Gasteiger partial charge is 0.490 e. The number of piperazine rings is 1. The second-order valence-electron chi connectivity index (χ2n) is 7.90. The maximum atomic E-state index is 12.7. The van der Waals surface area contributed by atoms with Crippen molar-refractivity contribution in [2.45, 2.75) is 44.8 Å². The summed E-state index contributed by atoms with van der Waals surface area (Å²) in [4.78, 5) is 42.4. The maximum Gasteiger partial charge on any atom is 0.246 e. The summed E-state index contributed by atoms with van der Waals surface area (Å²) in [5, 5.41) is 0. The normalized spacial score (nSPS) is 23.2. The van der Waals surface area contributed by atoms with Crippen molar-refractivity contribution < 1.29 is 19.1 Å². The number of aryl methyl sites for hydroxylation is 1. The number of benzene rings is 1. The zero-order chi connectivity index (χ0) is 19.7. The number of carbonyl (C=O) groups is 3. The van der Waals surface area contributed by atoms with E-state index in [9.17, 15) is 14.4 Å². The number of rotatable bonds is 4. The third-order valence-corrected chi connectivity index (χ3v) is 6.00. The molecule has 4 rings (SSSR count). The van der Waals surface area contributed by atoms with Crippen LogP contribution in [-0.4, -0.2) is 77.3 Å². The number of ether oxygens (including phenoxy) is 1. The van der Waals surface area contributed by atoms with Crippen LogP contribution in [0.2, 0.25) is 0 Å². The quantitative estimate of drug-likeness (QED) is 0.781. The molecule has 0 aliphatic carbocycles. The van der Waals surface area contributed by atoms with Crippen molar-refractivity contribution >= 4 is 17.7 Å². The lowest BCUT2D eigenvalue weighted by molar-refractivity contribution is -0.156. The van der Waals surface area contributed by atoms with Crippen LogP contribution in [0.15, 0.2) is 24.3 Å². The van der Waals surface area contributed by atoms with Crippen LogP contribution in [-0.2, 0) is 14.4 Å². The average Bonchev–Trinajstić information content (AvgIpc) is 3.19. The Hall–Kier alpha value is -2.57. The van der Waals surface area contributed by atoms with E-state index >= 15 is 0 Å². The van der Waals surface area contributed by atoms with Gasteiger partial charge in [0.2, 0.25) is 17.7 Å². The molecule has 0 bridgehead atoms. The standard InChI is InChI=1S/C21H27N3O4/c1-15-5-2-3-7-18(15)28-16-8-11-22(12-9-16)19(25)13-23-14-20(26)24-10-4-6-17(24)21(23)27/h2-3,5,7,16-17H,4,6,8-14H2,1H3/t17-/m0/s1. The summed E-state index contributed by atoms with van der Waals surface area (Å²) in [6.45, 7) is 3.93. The van der Waals surface area contributed by atoms with E-state index in [1.807, 2.05) is 31.2 Å². The minimum atomic E-state index is -0.359. The molecule has 0 aromatic heterocycles. The number of carbonyl (C=O) groups excluding carboxylic acids is 3. The summed E-state index contributed by atoms with van der Waals surface area (Å²) in [5.74, 6) is 0.691. The highest BCUT2D eigenvalue weighted by atomic mass is 16.5. The summed E-state index contributed by atoms with van der Waals surface area (Å²) >= 11 is 0. The molecule has 28 heavy (non-hydrogen) atoms. The van der Waals surface area contributed by atoms with Gasteiger partial charge in [0.25, 0.3) is 0 Å². The first-order valence-corrected chi connectivity index (χ1v) is 10.1. The smallest absolute Gasteiger partial charge is 0.246 e. The predicted molar refractivity (Wildman–Crippen MR) is 103 cm³/mol. The number of amides is 3. The van der Waals surface area contributed by atoms with E-state index in [1.165, 1.54) is 4.90 Å². The van der Waals surface area contributed by atoms with E-state index in [0.29, 0.717) is 26.1 Å². The fourth-order valence-electron chi connectivity index (χ4n) is 4.35. The monoisotopic (exact) mass is 385 g/mol. The number of piperidine rings is 1. The number of hydrogen-bond acceptors (Lipinski definition) is 4. The molecule has 3 aliphatic rings. The molecule has 1 atom stereocenters. The molecule has 0 N–H and O–H groups in total. The molecule has 1 aromatic rings.